The molecule has 4 rings (SSSR count). The average Bonchev–Trinajstić information content (AvgIpc) is 3.14. The molecular weight excluding hydrogens is 390 g/mol. The molecule has 0 radical (unpaired) electrons. The molecule has 1 aliphatic rings. The molecule has 0 bridgehead atoms. The second-order valence-corrected chi connectivity index (χ2v) is 8.09. The van der Waals surface area contributed by atoms with Crippen molar-refractivity contribution in [3.63, 3.8) is 0 Å². The molecule has 3 aromatic rings. The van der Waals surface area contributed by atoms with Gasteiger partial charge in [-0.05, 0) is 49.6 Å². The maximum absolute atomic E-state index is 13.2. The second kappa shape index (κ2) is 9.77. The predicted molar refractivity (Wildman–Crippen MR) is 119 cm³/mol. The highest BCUT2D eigenvalue weighted by atomic mass is 16.5. The standard InChI is InChI=1S/C25H29N3O3/c1-18-7-9-20(10-8-18)25-27-26-23(31-25)15-16-24(29)28-17-5-3-4-6-22(28)19-11-13-21(30-2)14-12-19/h7-14,22H,3-6,15-17H2,1-2H3/t22-/m1/s1. The SMILES string of the molecule is COc1ccc([C@H]2CCCCCN2C(=O)CCc2nnc(-c3ccc(C)cc3)o2)cc1. The van der Waals surface area contributed by atoms with Gasteiger partial charge in [0.1, 0.15) is 5.75 Å². The highest BCUT2D eigenvalue weighted by molar-refractivity contribution is 5.77. The summed E-state index contributed by atoms with van der Waals surface area (Å²) in [6.45, 7) is 2.82. The molecule has 0 aliphatic carbocycles. The molecule has 6 heteroatoms. The van der Waals surface area contributed by atoms with Crippen LogP contribution in [0.5, 0.6) is 5.75 Å². The summed E-state index contributed by atoms with van der Waals surface area (Å²) < 4.78 is 11.1. The zero-order valence-electron chi connectivity index (χ0n) is 18.2. The van der Waals surface area contributed by atoms with Crippen molar-refractivity contribution in [1.29, 1.82) is 0 Å². The lowest BCUT2D eigenvalue weighted by Crippen LogP contribution is -2.35. The molecule has 0 unspecified atom stereocenters. The van der Waals surface area contributed by atoms with Crippen LogP contribution in [-0.4, -0.2) is 34.7 Å². The molecule has 2 aromatic carbocycles. The minimum atomic E-state index is 0.103. The lowest BCUT2D eigenvalue weighted by atomic mass is 10.00. The molecule has 2 heterocycles. The summed E-state index contributed by atoms with van der Waals surface area (Å²) >= 11 is 0. The number of carbonyl (C=O) groups excluding carboxylic acids is 1. The lowest BCUT2D eigenvalue weighted by Gasteiger charge is -2.30. The second-order valence-electron chi connectivity index (χ2n) is 8.09. The molecule has 0 saturated carbocycles. The van der Waals surface area contributed by atoms with E-state index in [1.54, 1.807) is 7.11 Å². The minimum Gasteiger partial charge on any atom is -0.497 e. The van der Waals surface area contributed by atoms with Crippen LogP contribution in [-0.2, 0) is 11.2 Å². The Hall–Kier alpha value is -3.15. The predicted octanol–water partition coefficient (Wildman–Crippen LogP) is 5.13. The number of methoxy groups -OCH3 is 1. The Labute approximate surface area is 183 Å². The first-order valence-corrected chi connectivity index (χ1v) is 11.0. The van der Waals surface area contributed by atoms with E-state index in [0.717, 1.165) is 49.1 Å². The van der Waals surface area contributed by atoms with Gasteiger partial charge in [-0.1, -0.05) is 42.7 Å². The Morgan fingerprint density at radius 3 is 2.58 bits per heavy atom. The third-order valence-electron chi connectivity index (χ3n) is 5.89. The van der Waals surface area contributed by atoms with E-state index in [1.807, 2.05) is 48.2 Å². The summed E-state index contributed by atoms with van der Waals surface area (Å²) in [4.78, 5) is 15.2. The number of rotatable bonds is 6. The van der Waals surface area contributed by atoms with Crippen molar-refractivity contribution in [2.24, 2.45) is 0 Å². The summed E-state index contributed by atoms with van der Waals surface area (Å²) in [5, 5.41) is 8.29. The normalized spacial score (nSPS) is 16.7. The number of nitrogens with zero attached hydrogens (tertiary/aromatic N) is 3. The van der Waals surface area contributed by atoms with E-state index in [9.17, 15) is 4.79 Å². The van der Waals surface area contributed by atoms with Crippen LogP contribution in [0.25, 0.3) is 11.5 Å². The highest BCUT2D eigenvalue weighted by Crippen LogP contribution is 2.32. The molecule has 1 aliphatic heterocycles. The maximum Gasteiger partial charge on any atom is 0.247 e. The van der Waals surface area contributed by atoms with E-state index in [0.29, 0.717) is 24.6 Å². The number of carbonyl (C=O) groups is 1. The first-order valence-electron chi connectivity index (χ1n) is 11.0. The summed E-state index contributed by atoms with van der Waals surface area (Å²) in [5.74, 6) is 1.96. The van der Waals surface area contributed by atoms with Gasteiger partial charge in [-0.15, -0.1) is 10.2 Å². The van der Waals surface area contributed by atoms with Gasteiger partial charge in [0.05, 0.1) is 13.2 Å². The largest absolute Gasteiger partial charge is 0.497 e. The van der Waals surface area contributed by atoms with Crippen molar-refractivity contribution in [3.05, 3.63) is 65.5 Å². The summed E-state index contributed by atoms with van der Waals surface area (Å²) in [5.41, 5.74) is 3.23. The monoisotopic (exact) mass is 419 g/mol. The number of hydrogen-bond acceptors (Lipinski definition) is 5. The van der Waals surface area contributed by atoms with Gasteiger partial charge in [-0.2, -0.15) is 0 Å². The third kappa shape index (κ3) is 5.13. The number of ether oxygens (including phenoxy) is 1. The van der Waals surface area contributed by atoms with E-state index < -0.39 is 0 Å². The minimum absolute atomic E-state index is 0.103. The zero-order chi connectivity index (χ0) is 21.6. The van der Waals surface area contributed by atoms with Gasteiger partial charge in [0, 0.05) is 24.9 Å². The first-order chi connectivity index (χ1) is 15.1. The lowest BCUT2D eigenvalue weighted by molar-refractivity contribution is -0.133. The van der Waals surface area contributed by atoms with E-state index in [2.05, 4.69) is 22.3 Å². The Balaban J connectivity index is 1.42. The number of likely N-dealkylation sites (tertiary alicyclic amines) is 1. The topological polar surface area (TPSA) is 68.5 Å². The van der Waals surface area contributed by atoms with Crippen molar-refractivity contribution in [2.75, 3.05) is 13.7 Å². The van der Waals surface area contributed by atoms with E-state index in [1.165, 1.54) is 5.56 Å². The Morgan fingerprint density at radius 1 is 1.06 bits per heavy atom. The molecule has 1 atom stereocenters. The smallest absolute Gasteiger partial charge is 0.247 e. The molecular formula is C25H29N3O3. The fraction of sp³-hybridized carbons (Fsp3) is 0.400. The van der Waals surface area contributed by atoms with Crippen molar-refractivity contribution in [3.8, 4) is 17.2 Å². The Bertz CT molecular complexity index is 996. The fourth-order valence-electron chi connectivity index (χ4n) is 4.10. The Kier molecular flexibility index (Phi) is 6.65. The van der Waals surface area contributed by atoms with E-state index in [4.69, 9.17) is 9.15 Å². The Morgan fingerprint density at radius 2 is 1.84 bits per heavy atom. The third-order valence-corrected chi connectivity index (χ3v) is 5.89. The fourth-order valence-corrected chi connectivity index (χ4v) is 4.10. The molecule has 31 heavy (non-hydrogen) atoms. The van der Waals surface area contributed by atoms with Crippen molar-refractivity contribution >= 4 is 5.91 Å². The average molecular weight is 420 g/mol. The van der Waals surface area contributed by atoms with E-state index in [-0.39, 0.29) is 11.9 Å². The number of amides is 1. The highest BCUT2D eigenvalue weighted by Gasteiger charge is 2.27. The molecule has 0 N–H and O–H groups in total. The number of aromatic nitrogens is 2. The van der Waals surface area contributed by atoms with E-state index >= 15 is 0 Å². The van der Waals surface area contributed by atoms with Gasteiger partial charge in [0.2, 0.25) is 17.7 Å². The van der Waals surface area contributed by atoms with Crippen LogP contribution in [0, 0.1) is 6.92 Å². The zero-order valence-corrected chi connectivity index (χ0v) is 18.2. The number of benzene rings is 2. The van der Waals surface area contributed by atoms with Crippen LogP contribution in [0.2, 0.25) is 0 Å². The van der Waals surface area contributed by atoms with Gasteiger partial charge in [-0.25, -0.2) is 0 Å². The summed E-state index contributed by atoms with van der Waals surface area (Å²) in [7, 11) is 1.66. The molecule has 1 amide bonds. The molecule has 6 nitrogen and oxygen atoms in total. The van der Waals surface area contributed by atoms with Crippen LogP contribution in [0.3, 0.4) is 0 Å². The summed E-state index contributed by atoms with van der Waals surface area (Å²) in [6.07, 6.45) is 5.11. The molecule has 0 spiro atoms. The molecule has 1 saturated heterocycles. The van der Waals surface area contributed by atoms with Crippen LogP contribution in [0.1, 0.15) is 55.2 Å². The number of aryl methyl sites for hydroxylation is 2. The molecule has 162 valence electrons. The van der Waals surface area contributed by atoms with Crippen molar-refractivity contribution in [2.45, 2.75) is 51.5 Å². The quantitative estimate of drug-likeness (QED) is 0.554. The van der Waals surface area contributed by atoms with Crippen molar-refractivity contribution in [1.82, 2.24) is 15.1 Å². The van der Waals surface area contributed by atoms with Gasteiger partial charge in [0.15, 0.2) is 0 Å². The first kappa shape index (κ1) is 21.1. The van der Waals surface area contributed by atoms with Crippen LogP contribution in [0.15, 0.2) is 52.9 Å². The molecule has 1 aromatic heterocycles. The van der Waals surface area contributed by atoms with Gasteiger partial charge < -0.3 is 14.1 Å². The van der Waals surface area contributed by atoms with Gasteiger partial charge in [-0.3, -0.25) is 4.79 Å². The van der Waals surface area contributed by atoms with Crippen molar-refractivity contribution < 1.29 is 13.9 Å². The summed E-state index contributed by atoms with van der Waals surface area (Å²) in [6, 6.07) is 16.1. The van der Waals surface area contributed by atoms with Crippen LogP contribution in [0.4, 0.5) is 0 Å². The van der Waals surface area contributed by atoms with Gasteiger partial charge in [0.25, 0.3) is 0 Å². The molecule has 1 fully saturated rings. The van der Waals surface area contributed by atoms with Crippen LogP contribution < -0.4 is 4.74 Å². The van der Waals surface area contributed by atoms with Gasteiger partial charge >= 0.3 is 0 Å². The number of hydrogen-bond donors (Lipinski definition) is 0. The maximum atomic E-state index is 13.2. The van der Waals surface area contributed by atoms with Crippen LogP contribution >= 0.6 is 0 Å².